The molecule has 0 atom stereocenters. The van der Waals surface area contributed by atoms with Gasteiger partial charge in [-0.05, 0) is 13.0 Å². The molecule has 0 bridgehead atoms. The number of hydrogen-bond acceptors (Lipinski definition) is 2. The number of halogens is 3. The second-order valence-electron chi connectivity index (χ2n) is 3.77. The second-order valence-corrected chi connectivity index (χ2v) is 3.77. The molecule has 0 spiro atoms. The van der Waals surface area contributed by atoms with E-state index in [-0.39, 0.29) is 12.1 Å². The summed E-state index contributed by atoms with van der Waals surface area (Å²) in [5, 5.41) is 6.05. The molecule has 0 aliphatic rings. The van der Waals surface area contributed by atoms with Crippen LogP contribution in [0.15, 0.2) is 12.1 Å². The van der Waals surface area contributed by atoms with Crippen LogP contribution in [0.4, 0.5) is 13.2 Å². The summed E-state index contributed by atoms with van der Waals surface area (Å²) in [6.45, 7) is 4.38. The molecule has 96 valence electrons. The molecule has 0 saturated heterocycles. The Morgan fingerprint density at radius 3 is 2.12 bits per heavy atom. The minimum absolute atomic E-state index is 0.0613. The van der Waals surface area contributed by atoms with Crippen LogP contribution in [0.5, 0.6) is 0 Å². The van der Waals surface area contributed by atoms with E-state index in [9.17, 15) is 13.2 Å². The van der Waals surface area contributed by atoms with E-state index < -0.39 is 17.5 Å². The van der Waals surface area contributed by atoms with Gasteiger partial charge in [0.15, 0.2) is 0 Å². The summed E-state index contributed by atoms with van der Waals surface area (Å²) in [6, 6.07) is 1.38. The molecule has 0 aliphatic heterocycles. The van der Waals surface area contributed by atoms with E-state index in [1.807, 2.05) is 0 Å². The highest BCUT2D eigenvalue weighted by Gasteiger charge is 2.10. The summed E-state index contributed by atoms with van der Waals surface area (Å²) in [5.41, 5.74) is -0.123. The van der Waals surface area contributed by atoms with Crippen LogP contribution < -0.4 is 10.6 Å². The first kappa shape index (κ1) is 14.0. The van der Waals surface area contributed by atoms with Gasteiger partial charge in [-0.15, -0.1) is 0 Å². The topological polar surface area (TPSA) is 24.1 Å². The average molecular weight is 246 g/mol. The van der Waals surface area contributed by atoms with Crippen molar-refractivity contribution in [3.63, 3.8) is 0 Å². The Morgan fingerprint density at radius 2 is 1.53 bits per heavy atom. The molecule has 0 aromatic heterocycles. The maximum atomic E-state index is 13.2. The van der Waals surface area contributed by atoms with Gasteiger partial charge < -0.3 is 10.6 Å². The Kier molecular flexibility index (Phi) is 6.00. The molecule has 5 heteroatoms. The Bertz CT molecular complexity index is 333. The third-order valence-corrected chi connectivity index (χ3v) is 2.31. The first-order valence-electron chi connectivity index (χ1n) is 5.70. The third-order valence-electron chi connectivity index (χ3n) is 2.31. The van der Waals surface area contributed by atoms with Crippen molar-refractivity contribution in [1.29, 1.82) is 0 Å². The zero-order valence-electron chi connectivity index (χ0n) is 9.82. The van der Waals surface area contributed by atoms with Crippen molar-refractivity contribution < 1.29 is 13.2 Å². The average Bonchev–Trinajstić information content (AvgIpc) is 2.26. The third kappa shape index (κ3) is 4.75. The minimum Gasteiger partial charge on any atom is -0.315 e. The number of nitrogens with one attached hydrogen (secondary N) is 2. The van der Waals surface area contributed by atoms with Gasteiger partial charge in [0.05, 0.1) is 0 Å². The van der Waals surface area contributed by atoms with Crippen molar-refractivity contribution >= 4 is 0 Å². The van der Waals surface area contributed by atoms with Crippen molar-refractivity contribution in [3.8, 4) is 0 Å². The van der Waals surface area contributed by atoms with Gasteiger partial charge >= 0.3 is 0 Å². The van der Waals surface area contributed by atoms with Gasteiger partial charge in [-0.3, -0.25) is 0 Å². The van der Waals surface area contributed by atoms with Crippen molar-refractivity contribution in [2.24, 2.45) is 0 Å². The molecule has 0 amide bonds. The highest BCUT2D eigenvalue weighted by Crippen LogP contribution is 2.14. The molecular formula is C12H17F3N2. The van der Waals surface area contributed by atoms with Gasteiger partial charge in [0.1, 0.15) is 17.5 Å². The summed E-state index contributed by atoms with van der Waals surface area (Å²) >= 11 is 0. The van der Waals surface area contributed by atoms with Crippen LogP contribution in [0.25, 0.3) is 0 Å². The van der Waals surface area contributed by atoms with Crippen molar-refractivity contribution in [3.05, 3.63) is 35.1 Å². The highest BCUT2D eigenvalue weighted by molar-refractivity contribution is 5.20. The van der Waals surface area contributed by atoms with Crippen LogP contribution in [-0.2, 0) is 6.54 Å². The second kappa shape index (κ2) is 7.29. The Labute approximate surface area is 99.2 Å². The maximum absolute atomic E-state index is 13.2. The molecule has 1 aromatic rings. The van der Waals surface area contributed by atoms with Gasteiger partial charge in [-0.1, -0.05) is 6.92 Å². The highest BCUT2D eigenvalue weighted by atomic mass is 19.1. The fourth-order valence-electron chi connectivity index (χ4n) is 1.43. The predicted octanol–water partition coefficient (Wildman–Crippen LogP) is 2.19. The Hall–Kier alpha value is -1.07. The normalized spacial score (nSPS) is 10.8. The van der Waals surface area contributed by atoms with Gasteiger partial charge in [-0.2, -0.15) is 0 Å². The van der Waals surface area contributed by atoms with Crippen LogP contribution in [0.1, 0.15) is 18.9 Å². The molecule has 2 nitrogen and oxygen atoms in total. The maximum Gasteiger partial charge on any atom is 0.133 e. The van der Waals surface area contributed by atoms with Crippen LogP contribution in [-0.4, -0.2) is 19.6 Å². The van der Waals surface area contributed by atoms with E-state index in [4.69, 9.17) is 0 Å². The van der Waals surface area contributed by atoms with Crippen LogP contribution in [0, 0.1) is 17.5 Å². The van der Waals surface area contributed by atoms with E-state index in [0.717, 1.165) is 19.5 Å². The van der Waals surface area contributed by atoms with Crippen LogP contribution in [0.2, 0.25) is 0 Å². The van der Waals surface area contributed by atoms with Gasteiger partial charge in [-0.25, -0.2) is 13.2 Å². The van der Waals surface area contributed by atoms with E-state index in [1.54, 1.807) is 0 Å². The van der Waals surface area contributed by atoms with Crippen molar-refractivity contribution in [2.75, 3.05) is 19.6 Å². The Morgan fingerprint density at radius 1 is 0.941 bits per heavy atom. The molecule has 0 aliphatic carbocycles. The lowest BCUT2D eigenvalue weighted by molar-refractivity contribution is 0.508. The zero-order chi connectivity index (χ0) is 12.7. The molecule has 0 heterocycles. The molecule has 0 unspecified atom stereocenters. The van der Waals surface area contributed by atoms with E-state index in [2.05, 4.69) is 17.6 Å². The molecule has 2 N–H and O–H groups in total. The van der Waals surface area contributed by atoms with Crippen molar-refractivity contribution in [2.45, 2.75) is 19.9 Å². The van der Waals surface area contributed by atoms with Gasteiger partial charge in [0, 0.05) is 37.3 Å². The van der Waals surface area contributed by atoms with Crippen LogP contribution >= 0.6 is 0 Å². The lowest BCUT2D eigenvalue weighted by Gasteiger charge is -2.08. The summed E-state index contributed by atoms with van der Waals surface area (Å²) in [7, 11) is 0. The smallest absolute Gasteiger partial charge is 0.133 e. The number of benzene rings is 1. The van der Waals surface area contributed by atoms with Gasteiger partial charge in [0.2, 0.25) is 0 Å². The molecule has 0 saturated carbocycles. The first-order valence-corrected chi connectivity index (χ1v) is 5.70. The fourth-order valence-corrected chi connectivity index (χ4v) is 1.43. The monoisotopic (exact) mass is 246 g/mol. The summed E-state index contributed by atoms with van der Waals surface area (Å²) in [4.78, 5) is 0. The summed E-state index contributed by atoms with van der Waals surface area (Å²) in [5.74, 6) is -2.60. The lowest BCUT2D eigenvalue weighted by atomic mass is 10.2. The largest absolute Gasteiger partial charge is 0.315 e. The minimum atomic E-state index is -0.895. The number of hydrogen-bond donors (Lipinski definition) is 2. The quantitative estimate of drug-likeness (QED) is 0.721. The van der Waals surface area contributed by atoms with E-state index in [0.29, 0.717) is 18.7 Å². The molecule has 0 fully saturated rings. The number of rotatable bonds is 7. The fraction of sp³-hybridized carbons (Fsp3) is 0.500. The van der Waals surface area contributed by atoms with E-state index >= 15 is 0 Å². The molecular weight excluding hydrogens is 229 g/mol. The zero-order valence-corrected chi connectivity index (χ0v) is 9.82. The van der Waals surface area contributed by atoms with Crippen molar-refractivity contribution in [1.82, 2.24) is 10.6 Å². The SMILES string of the molecule is CCCNCCNCc1c(F)cc(F)cc1F. The molecule has 17 heavy (non-hydrogen) atoms. The molecule has 1 aromatic carbocycles. The predicted molar refractivity (Wildman–Crippen MR) is 61.2 cm³/mol. The van der Waals surface area contributed by atoms with Gasteiger partial charge in [0.25, 0.3) is 0 Å². The molecule has 0 radical (unpaired) electrons. The first-order chi connectivity index (χ1) is 8.15. The van der Waals surface area contributed by atoms with Crippen LogP contribution in [0.3, 0.4) is 0 Å². The standard InChI is InChI=1S/C12H17F3N2/c1-2-3-16-4-5-17-8-10-11(14)6-9(13)7-12(10)15/h6-7,16-17H,2-5,8H2,1H3. The lowest BCUT2D eigenvalue weighted by Crippen LogP contribution is -2.28. The summed E-state index contributed by atoms with van der Waals surface area (Å²) in [6.07, 6.45) is 1.04. The molecule has 1 rings (SSSR count). The Balaban J connectivity index is 2.36. The summed E-state index contributed by atoms with van der Waals surface area (Å²) < 4.78 is 39.0. The van der Waals surface area contributed by atoms with E-state index in [1.165, 1.54) is 0 Å².